The van der Waals surface area contributed by atoms with Crippen LogP contribution >= 0.6 is 0 Å². The number of esters is 2. The summed E-state index contributed by atoms with van der Waals surface area (Å²) in [4.78, 5) is 45.2. The van der Waals surface area contributed by atoms with Gasteiger partial charge in [-0.1, -0.05) is 12.1 Å². The van der Waals surface area contributed by atoms with Gasteiger partial charge in [0.15, 0.2) is 6.10 Å². The van der Waals surface area contributed by atoms with Gasteiger partial charge in [0, 0.05) is 18.2 Å². The quantitative estimate of drug-likeness (QED) is 0.283. The number of nitrogens with one attached hydrogen (secondary N) is 1. The minimum absolute atomic E-state index is 0.292. The molecule has 0 saturated heterocycles. The summed E-state index contributed by atoms with van der Waals surface area (Å²) in [6.45, 7) is 1.14. The number of non-ortho nitro benzene ring substituents is 1. The Morgan fingerprint density at radius 2 is 1.76 bits per heavy atom. The summed E-state index contributed by atoms with van der Waals surface area (Å²) in [5.74, 6) is -2.56. The number of nitro groups is 1. The fourth-order valence-corrected chi connectivity index (χ4v) is 2.50. The zero-order chi connectivity index (χ0) is 24.8. The third-order valence-electron chi connectivity index (χ3n) is 4.18. The molecule has 0 aromatic heterocycles. The third-order valence-corrected chi connectivity index (χ3v) is 4.18. The molecule has 174 valence electrons. The van der Waals surface area contributed by atoms with Gasteiger partial charge in [0.1, 0.15) is 0 Å². The molecule has 0 radical (unpaired) electrons. The third kappa shape index (κ3) is 6.89. The number of anilines is 1. The lowest BCUT2D eigenvalue weighted by Gasteiger charge is -2.16. The van der Waals surface area contributed by atoms with Gasteiger partial charge in [-0.05, 0) is 36.8 Å². The summed E-state index contributed by atoms with van der Waals surface area (Å²) in [5.41, 5.74) is -2.12. The summed E-state index contributed by atoms with van der Waals surface area (Å²) < 4.78 is 49.1. The number of benzene rings is 2. The lowest BCUT2D eigenvalue weighted by molar-refractivity contribution is -0.385. The Bertz CT molecular complexity index is 1100. The maximum Gasteiger partial charge on any atom is 0.418 e. The second-order valence-corrected chi connectivity index (χ2v) is 6.50. The fraction of sp³-hybridized carbons (Fsp3) is 0.190. The molecule has 2 aromatic rings. The van der Waals surface area contributed by atoms with E-state index in [1.165, 1.54) is 37.5 Å². The first-order chi connectivity index (χ1) is 15.4. The van der Waals surface area contributed by atoms with E-state index in [1.54, 1.807) is 0 Å². The number of amides is 1. The Hall–Kier alpha value is -4.22. The van der Waals surface area contributed by atoms with Gasteiger partial charge in [0.2, 0.25) is 0 Å². The lowest BCUT2D eigenvalue weighted by atomic mass is 10.1. The zero-order valence-electron chi connectivity index (χ0n) is 17.2. The molecule has 0 heterocycles. The number of nitrogens with zero attached hydrogens (tertiary/aromatic N) is 1. The molecule has 2 rings (SSSR count). The number of methoxy groups -OCH3 is 1. The molecule has 33 heavy (non-hydrogen) atoms. The van der Waals surface area contributed by atoms with Crippen LogP contribution in [0.15, 0.2) is 48.5 Å². The number of nitro benzene ring substituents is 1. The number of carbonyl (C=O) groups is 3. The van der Waals surface area contributed by atoms with Gasteiger partial charge in [0.05, 0.1) is 28.8 Å². The predicted octanol–water partition coefficient (Wildman–Crippen LogP) is 3.98. The second-order valence-electron chi connectivity index (χ2n) is 6.50. The Morgan fingerprint density at radius 3 is 2.30 bits per heavy atom. The predicted molar refractivity (Wildman–Crippen MR) is 109 cm³/mol. The lowest BCUT2D eigenvalue weighted by Crippen LogP contribution is -2.30. The molecule has 0 aliphatic rings. The van der Waals surface area contributed by atoms with Crippen LogP contribution in [0.2, 0.25) is 0 Å². The van der Waals surface area contributed by atoms with Crippen LogP contribution in [0.1, 0.15) is 28.4 Å². The van der Waals surface area contributed by atoms with Crippen molar-refractivity contribution in [1.82, 2.24) is 0 Å². The van der Waals surface area contributed by atoms with Gasteiger partial charge < -0.3 is 14.8 Å². The number of carbonyl (C=O) groups excluding carboxylic acids is 3. The molecule has 0 aliphatic carbocycles. The average Bonchev–Trinajstić information content (AvgIpc) is 2.76. The highest BCUT2D eigenvalue weighted by atomic mass is 19.4. The minimum Gasteiger partial charge on any atom is -0.465 e. The van der Waals surface area contributed by atoms with Crippen molar-refractivity contribution in [3.8, 4) is 0 Å². The van der Waals surface area contributed by atoms with E-state index >= 15 is 0 Å². The molecule has 0 saturated carbocycles. The van der Waals surface area contributed by atoms with Crippen molar-refractivity contribution in [2.45, 2.75) is 19.2 Å². The number of rotatable bonds is 7. The van der Waals surface area contributed by atoms with Crippen molar-refractivity contribution in [1.29, 1.82) is 0 Å². The molecule has 1 atom stereocenters. The van der Waals surface area contributed by atoms with Crippen molar-refractivity contribution in [2.24, 2.45) is 0 Å². The zero-order valence-corrected chi connectivity index (χ0v) is 17.2. The molecule has 1 N–H and O–H groups in total. The first-order valence-corrected chi connectivity index (χ1v) is 9.16. The van der Waals surface area contributed by atoms with Crippen LogP contribution in [0.4, 0.5) is 24.5 Å². The monoisotopic (exact) mass is 466 g/mol. The molecule has 1 unspecified atom stereocenters. The van der Waals surface area contributed by atoms with Crippen LogP contribution in [0, 0.1) is 10.1 Å². The van der Waals surface area contributed by atoms with Crippen LogP contribution in [-0.2, 0) is 25.2 Å². The van der Waals surface area contributed by atoms with Crippen molar-refractivity contribution in [2.75, 3.05) is 12.4 Å². The molecule has 0 spiro atoms. The number of ether oxygens (including phenoxy) is 2. The largest absolute Gasteiger partial charge is 0.465 e. The topological polar surface area (TPSA) is 125 Å². The molecule has 0 fully saturated rings. The molecular weight excluding hydrogens is 449 g/mol. The van der Waals surface area contributed by atoms with Crippen LogP contribution in [0.25, 0.3) is 6.08 Å². The normalized spacial score (nSPS) is 12.2. The maximum atomic E-state index is 13.2. The SMILES string of the molecule is COC(=O)c1ccc(/C=C/C(=O)OC(C)C(=O)Nc2ccc([N+](=O)[O-])cc2C(F)(F)F)cc1. The van der Waals surface area contributed by atoms with E-state index in [-0.39, 0.29) is 0 Å². The summed E-state index contributed by atoms with van der Waals surface area (Å²) >= 11 is 0. The average molecular weight is 466 g/mol. The van der Waals surface area contributed by atoms with E-state index in [4.69, 9.17) is 4.74 Å². The number of alkyl halides is 3. The standard InChI is InChI=1S/C21H17F3N2O7/c1-12(33-18(27)10-5-13-3-6-14(7-4-13)20(29)32-2)19(28)25-17-9-8-15(26(30)31)11-16(17)21(22,23)24/h3-12H,1-2H3,(H,25,28)/b10-5+. The molecule has 12 heteroatoms. The van der Waals surface area contributed by atoms with Crippen molar-refractivity contribution in [3.05, 3.63) is 75.3 Å². The number of hydrogen-bond donors (Lipinski definition) is 1. The van der Waals surface area contributed by atoms with E-state index in [1.807, 2.05) is 5.32 Å². The van der Waals surface area contributed by atoms with Crippen molar-refractivity contribution < 1.29 is 42.0 Å². The smallest absolute Gasteiger partial charge is 0.418 e. The molecular formula is C21H17F3N2O7. The van der Waals surface area contributed by atoms with Gasteiger partial charge in [-0.2, -0.15) is 13.2 Å². The molecule has 1 amide bonds. The van der Waals surface area contributed by atoms with Gasteiger partial charge in [-0.3, -0.25) is 14.9 Å². The highest BCUT2D eigenvalue weighted by Gasteiger charge is 2.36. The highest BCUT2D eigenvalue weighted by molar-refractivity contribution is 5.97. The Morgan fingerprint density at radius 1 is 1.12 bits per heavy atom. The van der Waals surface area contributed by atoms with E-state index in [0.29, 0.717) is 17.2 Å². The summed E-state index contributed by atoms with van der Waals surface area (Å²) in [5, 5.41) is 12.7. The van der Waals surface area contributed by atoms with Gasteiger partial charge in [-0.15, -0.1) is 0 Å². The maximum absolute atomic E-state index is 13.2. The van der Waals surface area contributed by atoms with Crippen molar-refractivity contribution >= 4 is 35.3 Å². The molecule has 0 aliphatic heterocycles. The van der Waals surface area contributed by atoms with Crippen LogP contribution in [0.3, 0.4) is 0 Å². The van der Waals surface area contributed by atoms with Crippen LogP contribution < -0.4 is 5.32 Å². The summed E-state index contributed by atoms with van der Waals surface area (Å²) in [7, 11) is 1.23. The molecule has 2 aromatic carbocycles. The Balaban J connectivity index is 2.04. The van der Waals surface area contributed by atoms with Gasteiger partial charge >= 0.3 is 18.1 Å². The summed E-state index contributed by atoms with van der Waals surface area (Å²) in [6, 6.07) is 7.82. The van der Waals surface area contributed by atoms with E-state index < -0.39 is 52.0 Å². The van der Waals surface area contributed by atoms with Gasteiger partial charge in [-0.25, -0.2) is 9.59 Å². The summed E-state index contributed by atoms with van der Waals surface area (Å²) in [6.07, 6.45) is -4.11. The first-order valence-electron chi connectivity index (χ1n) is 9.16. The molecule has 0 bridgehead atoms. The fourth-order valence-electron chi connectivity index (χ4n) is 2.50. The number of halogens is 3. The second kappa shape index (κ2) is 10.4. The van der Waals surface area contributed by atoms with E-state index in [0.717, 1.165) is 25.1 Å². The Labute approximate surface area is 184 Å². The minimum atomic E-state index is -4.97. The van der Waals surface area contributed by atoms with Gasteiger partial charge in [0.25, 0.3) is 11.6 Å². The van der Waals surface area contributed by atoms with E-state index in [9.17, 15) is 37.7 Å². The van der Waals surface area contributed by atoms with Crippen LogP contribution in [-0.4, -0.2) is 36.0 Å². The van der Waals surface area contributed by atoms with Crippen molar-refractivity contribution in [3.63, 3.8) is 0 Å². The molecule has 9 nitrogen and oxygen atoms in total. The highest BCUT2D eigenvalue weighted by Crippen LogP contribution is 2.37. The van der Waals surface area contributed by atoms with E-state index in [2.05, 4.69) is 4.74 Å². The Kier molecular flexibility index (Phi) is 7.89. The number of hydrogen-bond acceptors (Lipinski definition) is 7. The first kappa shape index (κ1) is 25.0. The van der Waals surface area contributed by atoms with Crippen LogP contribution in [0.5, 0.6) is 0 Å².